The number of hydrogen-bond acceptors (Lipinski definition) is 2. The van der Waals surface area contributed by atoms with Crippen LogP contribution in [0.1, 0.15) is 32.3 Å². The molecule has 1 saturated heterocycles. The Morgan fingerprint density at radius 1 is 1.27 bits per heavy atom. The number of carbonyl (C=O) groups excluding carboxylic acids is 1. The number of amides is 1. The van der Waals surface area contributed by atoms with E-state index < -0.39 is 0 Å². The van der Waals surface area contributed by atoms with Crippen molar-refractivity contribution in [2.24, 2.45) is 11.8 Å². The van der Waals surface area contributed by atoms with Crippen LogP contribution in [-0.4, -0.2) is 33.7 Å². The molecule has 2 aromatic rings. The molecule has 0 spiro atoms. The Kier molecular flexibility index (Phi) is 4.19. The summed E-state index contributed by atoms with van der Waals surface area (Å²) in [6, 6.07) is 6.32. The van der Waals surface area contributed by atoms with Crippen LogP contribution < -0.4 is 0 Å². The molecule has 4 nitrogen and oxygen atoms in total. The zero-order valence-electron chi connectivity index (χ0n) is 13.7. The average molecular weight is 299 g/mol. The van der Waals surface area contributed by atoms with Crippen LogP contribution >= 0.6 is 0 Å². The summed E-state index contributed by atoms with van der Waals surface area (Å²) in [7, 11) is 0. The molecule has 3 rings (SSSR count). The minimum absolute atomic E-state index is 0.258. The second-order valence-corrected chi connectivity index (χ2v) is 6.92. The molecular formula is C18H25N3O. The maximum Gasteiger partial charge on any atom is 0.224 e. The van der Waals surface area contributed by atoms with E-state index >= 15 is 0 Å². The zero-order chi connectivity index (χ0) is 15.7. The van der Waals surface area contributed by atoms with E-state index in [2.05, 4.69) is 44.1 Å². The molecule has 0 aliphatic carbocycles. The molecule has 0 N–H and O–H groups in total. The average Bonchev–Trinajstić information content (AvgIpc) is 2.85. The standard InChI is InChI=1S/C18H25N3O/c1-13-4-5-17-16(9-13)10-19-21(17)7-6-18(22)20-11-14(2)8-15(3)12-20/h4-5,9-10,14-15H,6-8,11-12H2,1-3H3/t14-,15+. The molecular weight excluding hydrogens is 274 g/mol. The number of rotatable bonds is 3. The Morgan fingerprint density at radius 2 is 2.00 bits per heavy atom. The smallest absolute Gasteiger partial charge is 0.224 e. The summed E-state index contributed by atoms with van der Waals surface area (Å²) < 4.78 is 1.95. The third-order valence-corrected chi connectivity index (χ3v) is 4.56. The summed E-state index contributed by atoms with van der Waals surface area (Å²) in [5.74, 6) is 1.48. The van der Waals surface area contributed by atoms with Gasteiger partial charge in [0.2, 0.25) is 5.91 Å². The van der Waals surface area contributed by atoms with Gasteiger partial charge in [-0.1, -0.05) is 25.5 Å². The molecule has 118 valence electrons. The lowest BCUT2D eigenvalue weighted by Gasteiger charge is -2.35. The van der Waals surface area contributed by atoms with Gasteiger partial charge in [0, 0.05) is 24.9 Å². The lowest BCUT2D eigenvalue weighted by Crippen LogP contribution is -2.42. The summed E-state index contributed by atoms with van der Waals surface area (Å²) >= 11 is 0. The highest BCUT2D eigenvalue weighted by Crippen LogP contribution is 2.22. The molecule has 1 aliphatic heterocycles. The van der Waals surface area contributed by atoms with Gasteiger partial charge in [0.05, 0.1) is 18.3 Å². The van der Waals surface area contributed by atoms with E-state index in [0.29, 0.717) is 24.8 Å². The van der Waals surface area contributed by atoms with Gasteiger partial charge in [0.15, 0.2) is 0 Å². The summed E-state index contributed by atoms with van der Waals surface area (Å²) in [6.07, 6.45) is 3.65. The second-order valence-electron chi connectivity index (χ2n) is 6.92. The number of piperidine rings is 1. The number of nitrogens with zero attached hydrogens (tertiary/aromatic N) is 3. The third-order valence-electron chi connectivity index (χ3n) is 4.56. The first-order valence-electron chi connectivity index (χ1n) is 8.23. The summed E-state index contributed by atoms with van der Waals surface area (Å²) in [5, 5.41) is 5.58. The Bertz CT molecular complexity index is 666. The van der Waals surface area contributed by atoms with Crippen LogP contribution in [0.2, 0.25) is 0 Å². The molecule has 4 heteroatoms. The van der Waals surface area contributed by atoms with Crippen molar-refractivity contribution >= 4 is 16.8 Å². The molecule has 1 aromatic carbocycles. The van der Waals surface area contributed by atoms with Gasteiger partial charge in [-0.3, -0.25) is 9.48 Å². The van der Waals surface area contributed by atoms with E-state index in [-0.39, 0.29) is 5.91 Å². The molecule has 0 saturated carbocycles. The fourth-order valence-corrected chi connectivity index (χ4v) is 3.61. The normalized spacial score (nSPS) is 22.2. The monoisotopic (exact) mass is 299 g/mol. The Morgan fingerprint density at radius 3 is 2.73 bits per heavy atom. The lowest BCUT2D eigenvalue weighted by molar-refractivity contribution is -0.134. The number of aromatic nitrogens is 2. The van der Waals surface area contributed by atoms with E-state index in [9.17, 15) is 4.79 Å². The van der Waals surface area contributed by atoms with E-state index in [1.807, 2.05) is 15.8 Å². The maximum absolute atomic E-state index is 12.5. The fourth-order valence-electron chi connectivity index (χ4n) is 3.61. The molecule has 2 atom stereocenters. The van der Waals surface area contributed by atoms with Gasteiger partial charge in [-0.05, 0) is 37.3 Å². The van der Waals surface area contributed by atoms with Gasteiger partial charge in [-0.15, -0.1) is 0 Å². The highest BCUT2D eigenvalue weighted by Gasteiger charge is 2.25. The quantitative estimate of drug-likeness (QED) is 0.872. The van der Waals surface area contributed by atoms with Gasteiger partial charge in [-0.25, -0.2) is 0 Å². The van der Waals surface area contributed by atoms with E-state index in [1.165, 1.54) is 12.0 Å². The predicted octanol–water partition coefficient (Wildman–Crippen LogP) is 3.24. The van der Waals surface area contributed by atoms with E-state index in [4.69, 9.17) is 0 Å². The maximum atomic E-state index is 12.5. The van der Waals surface area contributed by atoms with Crippen molar-refractivity contribution in [3.8, 4) is 0 Å². The minimum Gasteiger partial charge on any atom is -0.342 e. The van der Waals surface area contributed by atoms with Gasteiger partial charge in [0.25, 0.3) is 0 Å². The van der Waals surface area contributed by atoms with Crippen LogP contribution in [0.4, 0.5) is 0 Å². The van der Waals surface area contributed by atoms with Crippen LogP contribution in [0.15, 0.2) is 24.4 Å². The van der Waals surface area contributed by atoms with Crippen LogP contribution in [-0.2, 0) is 11.3 Å². The second kappa shape index (κ2) is 6.11. The third kappa shape index (κ3) is 3.16. The molecule has 0 unspecified atom stereocenters. The molecule has 0 bridgehead atoms. The number of aryl methyl sites for hydroxylation is 2. The largest absolute Gasteiger partial charge is 0.342 e. The first-order chi connectivity index (χ1) is 10.5. The van der Waals surface area contributed by atoms with Crippen molar-refractivity contribution in [3.05, 3.63) is 30.0 Å². The van der Waals surface area contributed by atoms with E-state index in [1.54, 1.807) is 0 Å². The molecule has 2 heterocycles. The van der Waals surface area contributed by atoms with Crippen molar-refractivity contribution < 1.29 is 4.79 Å². The number of carbonyl (C=O) groups is 1. The van der Waals surface area contributed by atoms with Crippen LogP contribution in [0, 0.1) is 18.8 Å². The molecule has 22 heavy (non-hydrogen) atoms. The van der Waals surface area contributed by atoms with Crippen molar-refractivity contribution in [2.45, 2.75) is 40.2 Å². The summed E-state index contributed by atoms with van der Waals surface area (Å²) in [5.41, 5.74) is 2.35. The fraction of sp³-hybridized carbons (Fsp3) is 0.556. The van der Waals surface area contributed by atoms with Crippen molar-refractivity contribution in [1.29, 1.82) is 0 Å². The van der Waals surface area contributed by atoms with Crippen LogP contribution in [0.5, 0.6) is 0 Å². The van der Waals surface area contributed by atoms with Crippen molar-refractivity contribution in [1.82, 2.24) is 14.7 Å². The summed E-state index contributed by atoms with van der Waals surface area (Å²) in [6.45, 7) is 9.02. The SMILES string of the molecule is Cc1ccc2c(cnn2CCC(=O)N2C[C@H](C)C[C@H](C)C2)c1. The Labute approximate surface area is 132 Å². The van der Waals surface area contributed by atoms with E-state index in [0.717, 1.165) is 24.0 Å². The molecule has 1 aliphatic rings. The number of likely N-dealkylation sites (tertiary alicyclic amines) is 1. The molecule has 1 fully saturated rings. The number of hydrogen-bond donors (Lipinski definition) is 0. The molecule has 0 radical (unpaired) electrons. The van der Waals surface area contributed by atoms with Gasteiger partial charge < -0.3 is 4.90 Å². The number of benzene rings is 1. The van der Waals surface area contributed by atoms with Gasteiger partial charge >= 0.3 is 0 Å². The predicted molar refractivity (Wildman–Crippen MR) is 88.6 cm³/mol. The van der Waals surface area contributed by atoms with Gasteiger partial charge in [-0.2, -0.15) is 5.10 Å². The Balaban J connectivity index is 1.65. The molecule has 1 aromatic heterocycles. The topological polar surface area (TPSA) is 38.1 Å². The highest BCUT2D eigenvalue weighted by molar-refractivity contribution is 5.80. The zero-order valence-corrected chi connectivity index (χ0v) is 13.7. The number of fused-ring (bicyclic) bond motifs is 1. The summed E-state index contributed by atoms with van der Waals surface area (Å²) in [4.78, 5) is 14.5. The van der Waals surface area contributed by atoms with Crippen LogP contribution in [0.3, 0.4) is 0 Å². The first kappa shape index (κ1) is 15.1. The molecule has 1 amide bonds. The highest BCUT2D eigenvalue weighted by atomic mass is 16.2. The Hall–Kier alpha value is -1.84. The minimum atomic E-state index is 0.258. The first-order valence-corrected chi connectivity index (χ1v) is 8.23. The van der Waals surface area contributed by atoms with Crippen molar-refractivity contribution in [3.63, 3.8) is 0 Å². The van der Waals surface area contributed by atoms with Crippen LogP contribution in [0.25, 0.3) is 10.9 Å². The van der Waals surface area contributed by atoms with Crippen molar-refractivity contribution in [2.75, 3.05) is 13.1 Å². The van der Waals surface area contributed by atoms with Gasteiger partial charge in [0.1, 0.15) is 0 Å². The lowest BCUT2D eigenvalue weighted by atomic mass is 9.92.